The summed E-state index contributed by atoms with van der Waals surface area (Å²) < 4.78 is 10.2. The van der Waals surface area contributed by atoms with Gasteiger partial charge in [0.2, 0.25) is 0 Å². The fraction of sp³-hybridized carbons (Fsp3) is 0.417. The maximum absolute atomic E-state index is 11.6. The van der Waals surface area contributed by atoms with Crippen LogP contribution in [0.5, 0.6) is 5.75 Å². The lowest BCUT2D eigenvalue weighted by Crippen LogP contribution is -2.14. The first-order valence-corrected chi connectivity index (χ1v) is 5.91. The van der Waals surface area contributed by atoms with E-state index in [0.717, 1.165) is 0 Å². The van der Waals surface area contributed by atoms with Crippen molar-refractivity contribution in [3.05, 3.63) is 27.7 Å². The van der Waals surface area contributed by atoms with Crippen LogP contribution in [0.1, 0.15) is 19.4 Å². The van der Waals surface area contributed by atoms with Gasteiger partial charge in [-0.15, -0.1) is 0 Å². The maximum Gasteiger partial charge on any atom is 0.310 e. The zero-order chi connectivity index (χ0) is 13.0. The van der Waals surface area contributed by atoms with Gasteiger partial charge in [0.05, 0.1) is 19.6 Å². The molecule has 0 bridgehead atoms. The molecule has 0 radical (unpaired) electrons. The molecule has 0 fully saturated rings. The van der Waals surface area contributed by atoms with Crippen molar-refractivity contribution in [3.63, 3.8) is 0 Å². The number of carbonyl (C=O) groups excluding carboxylic acids is 1. The smallest absolute Gasteiger partial charge is 0.310 e. The van der Waals surface area contributed by atoms with E-state index in [0.29, 0.717) is 21.4 Å². The van der Waals surface area contributed by atoms with Crippen molar-refractivity contribution in [2.75, 3.05) is 7.11 Å². The van der Waals surface area contributed by atoms with E-state index in [-0.39, 0.29) is 18.5 Å². The van der Waals surface area contributed by atoms with E-state index >= 15 is 0 Å². The number of methoxy groups -OCH3 is 1. The van der Waals surface area contributed by atoms with Crippen molar-refractivity contribution < 1.29 is 14.3 Å². The lowest BCUT2D eigenvalue weighted by molar-refractivity contribution is -0.146. The molecular formula is C12H14Cl2O3. The van der Waals surface area contributed by atoms with Gasteiger partial charge in [-0.05, 0) is 26.0 Å². The number of hydrogen-bond acceptors (Lipinski definition) is 3. The van der Waals surface area contributed by atoms with Gasteiger partial charge in [-0.25, -0.2) is 0 Å². The second-order valence-corrected chi connectivity index (χ2v) is 4.63. The Kier molecular flexibility index (Phi) is 5.09. The second-order valence-electron chi connectivity index (χ2n) is 3.78. The minimum absolute atomic E-state index is 0.0668. The van der Waals surface area contributed by atoms with Crippen LogP contribution >= 0.6 is 23.2 Å². The molecule has 1 aromatic rings. The molecule has 0 aliphatic rings. The normalized spacial score (nSPS) is 10.5. The SMILES string of the molecule is COc1cc(Cl)cc(Cl)c1CC(=O)OC(C)C. The van der Waals surface area contributed by atoms with Crippen LogP contribution in [0, 0.1) is 0 Å². The largest absolute Gasteiger partial charge is 0.496 e. The van der Waals surface area contributed by atoms with Crippen molar-refractivity contribution in [1.29, 1.82) is 0 Å². The third kappa shape index (κ3) is 4.10. The number of esters is 1. The predicted molar refractivity (Wildman–Crippen MR) is 67.9 cm³/mol. The Labute approximate surface area is 111 Å². The maximum atomic E-state index is 11.6. The molecule has 3 nitrogen and oxygen atoms in total. The van der Waals surface area contributed by atoms with Crippen LogP contribution in [0.25, 0.3) is 0 Å². The number of carbonyl (C=O) groups is 1. The van der Waals surface area contributed by atoms with Crippen LogP contribution < -0.4 is 4.74 Å². The molecule has 0 heterocycles. The van der Waals surface area contributed by atoms with Crippen molar-refractivity contribution in [2.45, 2.75) is 26.4 Å². The van der Waals surface area contributed by atoms with Crippen molar-refractivity contribution in [1.82, 2.24) is 0 Å². The van der Waals surface area contributed by atoms with Gasteiger partial charge in [0.15, 0.2) is 0 Å². The Bertz CT molecular complexity index is 416. The minimum atomic E-state index is -0.345. The summed E-state index contributed by atoms with van der Waals surface area (Å²) in [5.74, 6) is 0.144. The van der Waals surface area contributed by atoms with Crippen LogP contribution in [0.3, 0.4) is 0 Å². The summed E-state index contributed by atoms with van der Waals surface area (Å²) in [6.45, 7) is 3.58. The zero-order valence-corrected chi connectivity index (χ0v) is 11.4. The van der Waals surface area contributed by atoms with E-state index in [1.807, 2.05) is 0 Å². The van der Waals surface area contributed by atoms with Gasteiger partial charge in [-0.2, -0.15) is 0 Å². The molecule has 0 aliphatic carbocycles. The Morgan fingerprint density at radius 1 is 1.35 bits per heavy atom. The number of hydrogen-bond donors (Lipinski definition) is 0. The predicted octanol–water partition coefficient (Wildman–Crippen LogP) is 3.50. The molecule has 0 aliphatic heterocycles. The summed E-state index contributed by atoms with van der Waals surface area (Å²) in [5, 5.41) is 0.864. The number of rotatable bonds is 4. The summed E-state index contributed by atoms with van der Waals surface area (Å²) >= 11 is 11.9. The van der Waals surface area contributed by atoms with Crippen molar-refractivity contribution >= 4 is 29.2 Å². The molecule has 0 saturated heterocycles. The highest BCUT2D eigenvalue weighted by Gasteiger charge is 2.15. The molecule has 0 unspecified atom stereocenters. The Balaban J connectivity index is 2.93. The van der Waals surface area contributed by atoms with Gasteiger partial charge in [0.25, 0.3) is 0 Å². The number of ether oxygens (including phenoxy) is 2. The van der Waals surface area contributed by atoms with Gasteiger partial charge in [-0.3, -0.25) is 4.79 Å². The van der Waals surface area contributed by atoms with Gasteiger partial charge in [0.1, 0.15) is 5.75 Å². The van der Waals surface area contributed by atoms with E-state index in [2.05, 4.69) is 0 Å². The van der Waals surface area contributed by atoms with Gasteiger partial charge < -0.3 is 9.47 Å². The standard InChI is InChI=1S/C12H14Cl2O3/c1-7(2)17-12(15)6-9-10(14)4-8(13)5-11(9)16-3/h4-5,7H,6H2,1-3H3. The molecule has 17 heavy (non-hydrogen) atoms. The van der Waals surface area contributed by atoms with Gasteiger partial charge in [-0.1, -0.05) is 23.2 Å². The summed E-state index contributed by atoms with van der Waals surface area (Å²) in [7, 11) is 1.50. The van der Waals surface area contributed by atoms with Crippen LogP contribution in [0.15, 0.2) is 12.1 Å². The van der Waals surface area contributed by atoms with E-state index in [4.69, 9.17) is 32.7 Å². The van der Waals surface area contributed by atoms with Gasteiger partial charge >= 0.3 is 5.97 Å². The lowest BCUT2D eigenvalue weighted by atomic mass is 10.1. The van der Waals surface area contributed by atoms with E-state index < -0.39 is 0 Å². The summed E-state index contributed by atoms with van der Waals surface area (Å²) in [6.07, 6.45) is -0.0864. The van der Waals surface area contributed by atoms with Crippen LogP contribution in [-0.4, -0.2) is 19.2 Å². The number of halogens is 2. The topological polar surface area (TPSA) is 35.5 Å². The minimum Gasteiger partial charge on any atom is -0.496 e. The molecule has 0 saturated carbocycles. The first-order chi connectivity index (χ1) is 7.93. The first kappa shape index (κ1) is 14.1. The van der Waals surface area contributed by atoms with Crippen LogP contribution in [-0.2, 0) is 16.0 Å². The van der Waals surface area contributed by atoms with E-state index in [9.17, 15) is 4.79 Å². The van der Waals surface area contributed by atoms with E-state index in [1.54, 1.807) is 26.0 Å². The highest BCUT2D eigenvalue weighted by atomic mass is 35.5. The lowest BCUT2D eigenvalue weighted by Gasteiger charge is -2.12. The quantitative estimate of drug-likeness (QED) is 0.790. The fourth-order valence-corrected chi connectivity index (χ4v) is 1.92. The van der Waals surface area contributed by atoms with E-state index in [1.165, 1.54) is 7.11 Å². The average molecular weight is 277 g/mol. The highest BCUT2D eigenvalue weighted by molar-refractivity contribution is 6.35. The molecule has 1 aromatic carbocycles. The molecule has 0 amide bonds. The molecule has 1 rings (SSSR count). The Morgan fingerprint density at radius 2 is 2.00 bits per heavy atom. The number of benzene rings is 1. The highest BCUT2D eigenvalue weighted by Crippen LogP contribution is 2.31. The van der Waals surface area contributed by atoms with Crippen molar-refractivity contribution in [2.24, 2.45) is 0 Å². The summed E-state index contributed by atoms with van der Waals surface area (Å²) in [5.41, 5.74) is 0.587. The monoisotopic (exact) mass is 276 g/mol. The Morgan fingerprint density at radius 3 is 2.53 bits per heavy atom. The Hall–Kier alpha value is -0.930. The van der Waals surface area contributed by atoms with Crippen molar-refractivity contribution in [3.8, 4) is 5.75 Å². The summed E-state index contributed by atoms with van der Waals surface area (Å²) in [6, 6.07) is 3.19. The third-order valence-electron chi connectivity index (χ3n) is 2.03. The third-order valence-corrected chi connectivity index (χ3v) is 2.58. The molecular weight excluding hydrogens is 263 g/mol. The molecule has 0 atom stereocenters. The second kappa shape index (κ2) is 6.12. The molecule has 94 valence electrons. The molecule has 5 heteroatoms. The average Bonchev–Trinajstić information content (AvgIpc) is 2.20. The summed E-state index contributed by atoms with van der Waals surface area (Å²) in [4.78, 5) is 11.6. The van der Waals surface area contributed by atoms with Crippen LogP contribution in [0.4, 0.5) is 0 Å². The zero-order valence-electron chi connectivity index (χ0n) is 9.92. The molecule has 0 N–H and O–H groups in total. The molecule has 0 spiro atoms. The fourth-order valence-electron chi connectivity index (χ4n) is 1.38. The van der Waals surface area contributed by atoms with Crippen LogP contribution in [0.2, 0.25) is 10.0 Å². The first-order valence-electron chi connectivity index (χ1n) is 5.15. The van der Waals surface area contributed by atoms with Gasteiger partial charge in [0, 0.05) is 15.6 Å². The molecule has 0 aromatic heterocycles.